The average Bonchev–Trinajstić information content (AvgIpc) is 2.59. The minimum atomic E-state index is -3.52. The highest BCUT2D eigenvalue weighted by atomic mass is 32.2. The van der Waals surface area contributed by atoms with Crippen LogP contribution in [0.5, 0.6) is 0 Å². The highest BCUT2D eigenvalue weighted by Gasteiger charge is 2.13. The third kappa shape index (κ3) is 5.04. The van der Waals surface area contributed by atoms with E-state index in [4.69, 9.17) is 0 Å². The fourth-order valence-electron chi connectivity index (χ4n) is 2.22. The van der Waals surface area contributed by atoms with Crippen molar-refractivity contribution in [1.82, 2.24) is 9.71 Å². The molecule has 124 valence electrons. The molecule has 0 aliphatic heterocycles. The summed E-state index contributed by atoms with van der Waals surface area (Å²) in [6.45, 7) is 4.56. The molecule has 0 fully saturated rings. The fraction of sp³-hybridized carbons (Fsp3) is 0.353. The van der Waals surface area contributed by atoms with E-state index in [1.807, 2.05) is 24.3 Å². The lowest BCUT2D eigenvalue weighted by atomic mass is 10.1. The van der Waals surface area contributed by atoms with Gasteiger partial charge in [-0.05, 0) is 42.7 Å². The zero-order chi connectivity index (χ0) is 16.7. The lowest BCUT2D eigenvalue weighted by Gasteiger charge is -2.16. The lowest BCUT2D eigenvalue weighted by Crippen LogP contribution is -2.23. The molecule has 23 heavy (non-hydrogen) atoms. The second kappa shape index (κ2) is 8.08. The van der Waals surface area contributed by atoms with Gasteiger partial charge in [0.05, 0.1) is 0 Å². The number of anilines is 1. The van der Waals surface area contributed by atoms with Crippen LogP contribution < -0.4 is 10.0 Å². The van der Waals surface area contributed by atoms with Gasteiger partial charge in [0.15, 0.2) is 0 Å². The molecule has 1 aromatic heterocycles. The SMILES string of the molecule is CCC(CC)Nc1ccc(CNS(=O)(=O)c2cccnc2)cc1. The quantitative estimate of drug-likeness (QED) is 0.778. The van der Waals surface area contributed by atoms with Crippen molar-refractivity contribution in [2.24, 2.45) is 0 Å². The number of pyridine rings is 1. The first-order valence-electron chi connectivity index (χ1n) is 7.80. The van der Waals surface area contributed by atoms with Gasteiger partial charge in [-0.1, -0.05) is 26.0 Å². The molecule has 0 radical (unpaired) electrons. The van der Waals surface area contributed by atoms with Crippen molar-refractivity contribution in [3.8, 4) is 0 Å². The lowest BCUT2D eigenvalue weighted by molar-refractivity contribution is 0.581. The molecule has 0 unspecified atom stereocenters. The normalized spacial score (nSPS) is 11.6. The summed E-state index contributed by atoms with van der Waals surface area (Å²) >= 11 is 0. The summed E-state index contributed by atoms with van der Waals surface area (Å²) < 4.78 is 26.9. The molecular weight excluding hydrogens is 310 g/mol. The molecule has 5 nitrogen and oxygen atoms in total. The van der Waals surface area contributed by atoms with Gasteiger partial charge in [-0.3, -0.25) is 4.98 Å². The van der Waals surface area contributed by atoms with Gasteiger partial charge < -0.3 is 5.32 Å². The zero-order valence-corrected chi connectivity index (χ0v) is 14.3. The average molecular weight is 333 g/mol. The first kappa shape index (κ1) is 17.4. The van der Waals surface area contributed by atoms with Crippen LogP contribution in [-0.4, -0.2) is 19.4 Å². The Hall–Kier alpha value is -1.92. The topological polar surface area (TPSA) is 71.1 Å². The van der Waals surface area contributed by atoms with Crippen molar-refractivity contribution < 1.29 is 8.42 Å². The predicted molar refractivity (Wildman–Crippen MR) is 92.7 cm³/mol. The number of nitrogens with one attached hydrogen (secondary N) is 2. The Bertz CT molecular complexity index is 696. The third-order valence-electron chi connectivity index (χ3n) is 3.72. The van der Waals surface area contributed by atoms with Gasteiger partial charge in [0.1, 0.15) is 4.90 Å². The number of nitrogens with zero attached hydrogens (tertiary/aromatic N) is 1. The van der Waals surface area contributed by atoms with Crippen LogP contribution in [-0.2, 0) is 16.6 Å². The zero-order valence-electron chi connectivity index (χ0n) is 13.5. The smallest absolute Gasteiger partial charge is 0.242 e. The molecule has 6 heteroatoms. The monoisotopic (exact) mass is 333 g/mol. The van der Waals surface area contributed by atoms with E-state index in [1.54, 1.807) is 12.3 Å². The van der Waals surface area contributed by atoms with Gasteiger partial charge in [0, 0.05) is 30.7 Å². The number of hydrogen-bond acceptors (Lipinski definition) is 4. The molecule has 0 saturated heterocycles. The Labute approximate surface area is 138 Å². The highest BCUT2D eigenvalue weighted by Crippen LogP contribution is 2.14. The van der Waals surface area contributed by atoms with E-state index in [-0.39, 0.29) is 11.4 Å². The first-order valence-corrected chi connectivity index (χ1v) is 9.28. The van der Waals surface area contributed by atoms with Crippen LogP contribution in [0, 0.1) is 0 Å². The standard InChI is InChI=1S/C17H23N3O2S/c1-3-15(4-2)20-16-9-7-14(8-10-16)12-19-23(21,22)17-6-5-11-18-13-17/h5-11,13,15,19-20H,3-4,12H2,1-2H3. The second-order valence-electron chi connectivity index (χ2n) is 5.37. The van der Waals surface area contributed by atoms with E-state index in [0.29, 0.717) is 6.04 Å². The molecule has 0 bridgehead atoms. The van der Waals surface area contributed by atoms with Crippen LogP contribution in [0.2, 0.25) is 0 Å². The minimum Gasteiger partial charge on any atom is -0.382 e. The van der Waals surface area contributed by atoms with Crippen LogP contribution >= 0.6 is 0 Å². The number of benzene rings is 1. The van der Waals surface area contributed by atoms with Crippen molar-refractivity contribution >= 4 is 15.7 Å². The van der Waals surface area contributed by atoms with E-state index >= 15 is 0 Å². The number of sulfonamides is 1. The maximum atomic E-state index is 12.1. The number of rotatable bonds is 8. The van der Waals surface area contributed by atoms with Gasteiger partial charge in [-0.2, -0.15) is 0 Å². The third-order valence-corrected chi connectivity index (χ3v) is 5.11. The van der Waals surface area contributed by atoms with Gasteiger partial charge in [-0.25, -0.2) is 13.1 Å². The molecule has 0 aliphatic rings. The minimum absolute atomic E-state index is 0.173. The van der Waals surface area contributed by atoms with Gasteiger partial charge in [-0.15, -0.1) is 0 Å². The van der Waals surface area contributed by atoms with Crippen molar-refractivity contribution in [2.45, 2.75) is 44.2 Å². The Balaban J connectivity index is 1.96. The molecule has 0 atom stereocenters. The van der Waals surface area contributed by atoms with Crippen LogP contribution in [0.25, 0.3) is 0 Å². The Morgan fingerprint density at radius 1 is 1.09 bits per heavy atom. The van der Waals surface area contributed by atoms with Crippen molar-refractivity contribution in [3.05, 3.63) is 54.4 Å². The van der Waals surface area contributed by atoms with E-state index < -0.39 is 10.0 Å². The highest BCUT2D eigenvalue weighted by molar-refractivity contribution is 7.89. The van der Waals surface area contributed by atoms with Gasteiger partial charge in [0.2, 0.25) is 10.0 Å². The molecule has 0 saturated carbocycles. The Kier molecular flexibility index (Phi) is 6.12. The Morgan fingerprint density at radius 2 is 1.78 bits per heavy atom. The van der Waals surface area contributed by atoms with Crippen molar-refractivity contribution in [1.29, 1.82) is 0 Å². The van der Waals surface area contributed by atoms with E-state index in [2.05, 4.69) is 28.9 Å². The van der Waals surface area contributed by atoms with Gasteiger partial charge >= 0.3 is 0 Å². The maximum Gasteiger partial charge on any atom is 0.242 e. The summed E-state index contributed by atoms with van der Waals surface area (Å²) in [5.41, 5.74) is 1.96. The van der Waals surface area contributed by atoms with Crippen LogP contribution in [0.1, 0.15) is 32.3 Å². The van der Waals surface area contributed by atoms with Crippen LogP contribution in [0.3, 0.4) is 0 Å². The molecule has 0 amide bonds. The number of aromatic nitrogens is 1. The summed E-state index contributed by atoms with van der Waals surface area (Å²) in [5, 5.41) is 3.46. The summed E-state index contributed by atoms with van der Waals surface area (Å²) in [7, 11) is -3.52. The molecule has 0 spiro atoms. The molecule has 2 N–H and O–H groups in total. The molecule has 2 aromatic rings. The number of hydrogen-bond donors (Lipinski definition) is 2. The largest absolute Gasteiger partial charge is 0.382 e. The first-order chi connectivity index (χ1) is 11.0. The molecule has 1 heterocycles. The molecule has 2 rings (SSSR count). The summed E-state index contributed by atoms with van der Waals surface area (Å²) in [6, 6.07) is 11.4. The van der Waals surface area contributed by atoms with E-state index in [1.165, 1.54) is 12.3 Å². The van der Waals surface area contributed by atoms with Crippen molar-refractivity contribution in [2.75, 3.05) is 5.32 Å². The summed E-state index contributed by atoms with van der Waals surface area (Å²) in [6.07, 6.45) is 5.03. The summed E-state index contributed by atoms with van der Waals surface area (Å²) in [5.74, 6) is 0. The van der Waals surface area contributed by atoms with E-state index in [0.717, 1.165) is 24.1 Å². The van der Waals surface area contributed by atoms with Crippen LogP contribution in [0.15, 0.2) is 53.7 Å². The molecular formula is C17H23N3O2S. The maximum absolute atomic E-state index is 12.1. The van der Waals surface area contributed by atoms with Gasteiger partial charge in [0.25, 0.3) is 0 Å². The molecule has 0 aliphatic carbocycles. The Morgan fingerprint density at radius 3 is 2.35 bits per heavy atom. The van der Waals surface area contributed by atoms with E-state index in [9.17, 15) is 8.42 Å². The predicted octanol–water partition coefficient (Wildman–Crippen LogP) is 3.16. The summed E-state index contributed by atoms with van der Waals surface area (Å²) in [4.78, 5) is 4.01. The fourth-order valence-corrected chi connectivity index (χ4v) is 3.20. The van der Waals surface area contributed by atoms with Crippen LogP contribution in [0.4, 0.5) is 5.69 Å². The second-order valence-corrected chi connectivity index (χ2v) is 7.13. The molecule has 1 aromatic carbocycles. The van der Waals surface area contributed by atoms with Crippen molar-refractivity contribution in [3.63, 3.8) is 0 Å².